The van der Waals surface area contributed by atoms with Crippen molar-refractivity contribution in [1.82, 2.24) is 15.5 Å². The summed E-state index contributed by atoms with van der Waals surface area (Å²) in [4.78, 5) is 17.9. The number of guanidine groups is 1. The maximum Gasteiger partial charge on any atom is 0.259 e. The summed E-state index contributed by atoms with van der Waals surface area (Å²) >= 11 is 0. The molecule has 0 saturated carbocycles. The summed E-state index contributed by atoms with van der Waals surface area (Å²) in [6.07, 6.45) is 0. The molecular weight excluding hydrogens is 352 g/mol. The van der Waals surface area contributed by atoms with Gasteiger partial charge >= 0.3 is 0 Å². The van der Waals surface area contributed by atoms with Crippen molar-refractivity contribution >= 4 is 11.9 Å². The molecule has 0 aliphatic rings. The van der Waals surface area contributed by atoms with E-state index in [0.717, 1.165) is 18.1 Å². The Morgan fingerprint density at radius 2 is 1.89 bits per heavy atom. The van der Waals surface area contributed by atoms with Crippen LogP contribution in [0.3, 0.4) is 0 Å². The molecule has 2 aromatic carbocycles. The Bertz CT molecular complexity index is 775. The van der Waals surface area contributed by atoms with Gasteiger partial charge in [0, 0.05) is 20.6 Å². The Kier molecular flexibility index (Phi) is 8.34. The zero-order valence-corrected chi connectivity index (χ0v) is 17.1. The largest absolute Gasteiger partial charge is 0.484 e. The molecule has 6 nitrogen and oxygen atoms in total. The summed E-state index contributed by atoms with van der Waals surface area (Å²) in [6, 6.07) is 18.1. The van der Waals surface area contributed by atoms with E-state index < -0.39 is 0 Å². The molecule has 28 heavy (non-hydrogen) atoms. The molecule has 0 aliphatic heterocycles. The second-order valence-electron chi connectivity index (χ2n) is 6.70. The third kappa shape index (κ3) is 6.95. The van der Waals surface area contributed by atoms with Gasteiger partial charge in [-0.25, -0.2) is 4.99 Å². The van der Waals surface area contributed by atoms with E-state index in [2.05, 4.69) is 34.7 Å². The second-order valence-corrected chi connectivity index (χ2v) is 6.70. The molecule has 0 aromatic heterocycles. The van der Waals surface area contributed by atoms with Crippen LogP contribution in [0.2, 0.25) is 0 Å². The number of benzene rings is 2. The number of carbonyl (C=O) groups is 1. The van der Waals surface area contributed by atoms with Crippen molar-refractivity contribution in [1.29, 1.82) is 0 Å². The van der Waals surface area contributed by atoms with Gasteiger partial charge in [-0.1, -0.05) is 42.5 Å². The Morgan fingerprint density at radius 1 is 1.14 bits per heavy atom. The van der Waals surface area contributed by atoms with Crippen molar-refractivity contribution in [3.8, 4) is 5.75 Å². The number of nitrogens with one attached hydrogen (secondary N) is 2. The van der Waals surface area contributed by atoms with E-state index in [1.54, 1.807) is 14.1 Å². The third-order valence-electron chi connectivity index (χ3n) is 4.18. The standard InChI is InChI=1S/C22H30N4O2/c1-5-23-22(25-17(2)19-11-7-6-8-12-19)24-15-18-10-9-13-20(14-18)28-16-21(27)26(3)4/h6-14,17H,5,15-16H2,1-4H3,(H2,23,24,25). The fourth-order valence-electron chi connectivity index (χ4n) is 2.53. The van der Waals surface area contributed by atoms with Crippen LogP contribution in [-0.4, -0.2) is 44.0 Å². The lowest BCUT2D eigenvalue weighted by Gasteiger charge is -2.18. The maximum absolute atomic E-state index is 11.7. The zero-order chi connectivity index (χ0) is 20.4. The van der Waals surface area contributed by atoms with E-state index in [1.165, 1.54) is 10.5 Å². The Balaban J connectivity index is 2.00. The van der Waals surface area contributed by atoms with E-state index in [0.29, 0.717) is 12.3 Å². The van der Waals surface area contributed by atoms with E-state index in [1.807, 2.05) is 49.4 Å². The molecule has 0 bridgehead atoms. The van der Waals surface area contributed by atoms with E-state index in [9.17, 15) is 4.79 Å². The highest BCUT2D eigenvalue weighted by atomic mass is 16.5. The minimum Gasteiger partial charge on any atom is -0.484 e. The van der Waals surface area contributed by atoms with Crippen LogP contribution >= 0.6 is 0 Å². The highest BCUT2D eigenvalue weighted by Crippen LogP contribution is 2.15. The van der Waals surface area contributed by atoms with Gasteiger partial charge in [-0.05, 0) is 37.1 Å². The van der Waals surface area contributed by atoms with Crippen molar-refractivity contribution in [3.63, 3.8) is 0 Å². The first kappa shape index (κ1) is 21.3. The summed E-state index contributed by atoms with van der Waals surface area (Å²) in [5, 5.41) is 6.71. The number of hydrogen-bond donors (Lipinski definition) is 2. The van der Waals surface area contributed by atoms with Crippen molar-refractivity contribution in [3.05, 3.63) is 65.7 Å². The molecule has 0 fully saturated rings. The highest BCUT2D eigenvalue weighted by Gasteiger charge is 2.08. The average molecular weight is 383 g/mol. The summed E-state index contributed by atoms with van der Waals surface area (Å²) in [5.74, 6) is 1.35. The predicted molar refractivity (Wildman–Crippen MR) is 113 cm³/mol. The van der Waals surface area contributed by atoms with Gasteiger partial charge in [-0.3, -0.25) is 4.79 Å². The molecule has 0 aliphatic carbocycles. The molecule has 0 radical (unpaired) electrons. The Morgan fingerprint density at radius 3 is 2.57 bits per heavy atom. The van der Waals surface area contributed by atoms with Gasteiger partial charge in [0.15, 0.2) is 12.6 Å². The predicted octanol–water partition coefficient (Wildman–Crippen LogP) is 2.97. The molecular formula is C22H30N4O2. The normalized spacial score (nSPS) is 12.2. The van der Waals surface area contributed by atoms with Gasteiger partial charge in [-0.2, -0.15) is 0 Å². The van der Waals surface area contributed by atoms with Crippen LogP contribution in [0.5, 0.6) is 5.75 Å². The smallest absolute Gasteiger partial charge is 0.259 e. The lowest BCUT2D eigenvalue weighted by Crippen LogP contribution is -2.38. The van der Waals surface area contributed by atoms with Crippen molar-refractivity contribution in [2.24, 2.45) is 4.99 Å². The quantitative estimate of drug-likeness (QED) is 0.544. The summed E-state index contributed by atoms with van der Waals surface area (Å²) in [7, 11) is 3.42. The first-order valence-corrected chi connectivity index (χ1v) is 9.51. The summed E-state index contributed by atoms with van der Waals surface area (Å²) in [5.41, 5.74) is 2.22. The van der Waals surface area contributed by atoms with Gasteiger partial charge in [0.2, 0.25) is 0 Å². The summed E-state index contributed by atoms with van der Waals surface area (Å²) in [6.45, 7) is 5.47. The monoisotopic (exact) mass is 382 g/mol. The zero-order valence-electron chi connectivity index (χ0n) is 17.1. The van der Waals surface area contributed by atoms with Crippen LogP contribution in [0.4, 0.5) is 0 Å². The fourth-order valence-corrected chi connectivity index (χ4v) is 2.53. The minimum atomic E-state index is -0.0723. The molecule has 0 heterocycles. The molecule has 0 spiro atoms. The first-order chi connectivity index (χ1) is 13.5. The van der Waals surface area contributed by atoms with Gasteiger partial charge in [0.05, 0.1) is 12.6 Å². The number of hydrogen-bond acceptors (Lipinski definition) is 3. The number of amides is 1. The number of nitrogens with zero attached hydrogens (tertiary/aromatic N) is 2. The number of ether oxygens (including phenoxy) is 1. The van der Waals surface area contributed by atoms with Gasteiger partial charge in [0.1, 0.15) is 5.75 Å². The van der Waals surface area contributed by atoms with Crippen LogP contribution in [0.25, 0.3) is 0 Å². The summed E-state index contributed by atoms with van der Waals surface area (Å²) < 4.78 is 5.58. The lowest BCUT2D eigenvalue weighted by atomic mass is 10.1. The molecule has 2 aromatic rings. The third-order valence-corrected chi connectivity index (χ3v) is 4.18. The maximum atomic E-state index is 11.7. The fraction of sp³-hybridized carbons (Fsp3) is 0.364. The van der Waals surface area contributed by atoms with E-state index in [4.69, 9.17) is 4.74 Å². The molecule has 0 saturated heterocycles. The van der Waals surface area contributed by atoms with E-state index >= 15 is 0 Å². The van der Waals surface area contributed by atoms with Crippen LogP contribution in [0.1, 0.15) is 31.0 Å². The molecule has 2 N–H and O–H groups in total. The SMILES string of the molecule is CCNC(=NCc1cccc(OCC(=O)N(C)C)c1)NC(C)c1ccccc1. The van der Waals surface area contributed by atoms with Crippen LogP contribution in [-0.2, 0) is 11.3 Å². The van der Waals surface area contributed by atoms with Gasteiger partial charge < -0.3 is 20.3 Å². The molecule has 1 amide bonds. The van der Waals surface area contributed by atoms with E-state index in [-0.39, 0.29) is 18.6 Å². The number of rotatable bonds is 8. The van der Waals surface area contributed by atoms with Crippen LogP contribution < -0.4 is 15.4 Å². The number of carbonyl (C=O) groups excluding carboxylic acids is 1. The van der Waals surface area contributed by atoms with Crippen LogP contribution in [0.15, 0.2) is 59.6 Å². The topological polar surface area (TPSA) is 66.0 Å². The minimum absolute atomic E-state index is 0.0263. The first-order valence-electron chi connectivity index (χ1n) is 9.51. The Labute approximate surface area is 167 Å². The molecule has 1 unspecified atom stereocenters. The molecule has 6 heteroatoms. The molecule has 150 valence electrons. The molecule has 2 rings (SSSR count). The van der Waals surface area contributed by atoms with Crippen molar-refractivity contribution in [2.45, 2.75) is 26.4 Å². The van der Waals surface area contributed by atoms with Crippen LogP contribution in [0, 0.1) is 0 Å². The van der Waals surface area contributed by atoms with Crippen molar-refractivity contribution < 1.29 is 9.53 Å². The average Bonchev–Trinajstić information content (AvgIpc) is 2.71. The Hall–Kier alpha value is -3.02. The lowest BCUT2D eigenvalue weighted by molar-refractivity contribution is -0.130. The second kappa shape index (κ2) is 11.0. The molecule has 1 atom stereocenters. The van der Waals surface area contributed by atoms with Crippen molar-refractivity contribution in [2.75, 3.05) is 27.2 Å². The number of aliphatic imine (C=N–C) groups is 1. The van der Waals surface area contributed by atoms with Gasteiger partial charge in [-0.15, -0.1) is 0 Å². The highest BCUT2D eigenvalue weighted by molar-refractivity contribution is 5.80. The number of likely N-dealkylation sites (N-methyl/N-ethyl adjacent to an activating group) is 1. The van der Waals surface area contributed by atoms with Gasteiger partial charge in [0.25, 0.3) is 5.91 Å².